The molecule has 2 aromatic rings. The molecule has 1 aromatic carbocycles. The molecule has 1 aromatic heterocycles. The quantitative estimate of drug-likeness (QED) is 0.838. The van der Waals surface area contributed by atoms with Crippen molar-refractivity contribution in [1.82, 2.24) is 9.97 Å². The summed E-state index contributed by atoms with van der Waals surface area (Å²) in [6, 6.07) is 9.04. The van der Waals surface area contributed by atoms with Gasteiger partial charge in [0.15, 0.2) is 0 Å². The number of nitrogens with zero attached hydrogens (tertiary/aromatic N) is 5. The van der Waals surface area contributed by atoms with Crippen LogP contribution in [0.3, 0.4) is 0 Å². The van der Waals surface area contributed by atoms with E-state index in [0.717, 1.165) is 69.9 Å². The van der Waals surface area contributed by atoms with Gasteiger partial charge in [0.05, 0.1) is 18.9 Å². The number of morpholine rings is 1. The van der Waals surface area contributed by atoms with Gasteiger partial charge in [-0.3, -0.25) is 0 Å². The van der Waals surface area contributed by atoms with Crippen LogP contribution in [0.25, 0.3) is 0 Å². The molecule has 0 radical (unpaired) electrons. The van der Waals surface area contributed by atoms with Gasteiger partial charge in [0, 0.05) is 45.3 Å². The van der Waals surface area contributed by atoms with Crippen LogP contribution in [-0.4, -0.2) is 62.5 Å². The van der Waals surface area contributed by atoms with Gasteiger partial charge in [-0.05, 0) is 19.1 Å². The van der Waals surface area contributed by atoms with Crippen molar-refractivity contribution in [3.63, 3.8) is 0 Å². The van der Waals surface area contributed by atoms with Crippen LogP contribution in [0, 0.1) is 12.7 Å². The summed E-state index contributed by atoms with van der Waals surface area (Å²) in [5.74, 6) is 2.54. The van der Waals surface area contributed by atoms with Crippen LogP contribution in [0.2, 0.25) is 0 Å². The van der Waals surface area contributed by atoms with E-state index in [2.05, 4.69) is 30.7 Å². The minimum Gasteiger partial charge on any atom is -0.378 e. The molecule has 0 unspecified atom stereocenters. The van der Waals surface area contributed by atoms with E-state index in [-0.39, 0.29) is 5.82 Å². The fraction of sp³-hybridized carbons (Fsp3) is 0.474. The molecule has 0 aliphatic carbocycles. The van der Waals surface area contributed by atoms with E-state index in [1.54, 1.807) is 6.07 Å². The first kappa shape index (κ1) is 17.0. The second-order valence-electron chi connectivity index (χ2n) is 6.66. The van der Waals surface area contributed by atoms with E-state index in [0.29, 0.717) is 5.69 Å². The third kappa shape index (κ3) is 3.58. The first-order chi connectivity index (χ1) is 12.7. The molecule has 138 valence electrons. The van der Waals surface area contributed by atoms with Crippen molar-refractivity contribution < 1.29 is 9.13 Å². The van der Waals surface area contributed by atoms with Crippen molar-refractivity contribution >= 4 is 17.3 Å². The van der Waals surface area contributed by atoms with Crippen molar-refractivity contribution in [2.24, 2.45) is 0 Å². The average Bonchev–Trinajstić information content (AvgIpc) is 2.69. The van der Waals surface area contributed by atoms with E-state index >= 15 is 0 Å². The summed E-state index contributed by atoms with van der Waals surface area (Å²) in [7, 11) is 0. The number of aryl methyl sites for hydroxylation is 1. The molecule has 4 rings (SSSR count). The van der Waals surface area contributed by atoms with Crippen LogP contribution in [0.4, 0.5) is 21.7 Å². The Bertz CT molecular complexity index is 757. The van der Waals surface area contributed by atoms with Crippen molar-refractivity contribution in [1.29, 1.82) is 0 Å². The second-order valence-corrected chi connectivity index (χ2v) is 6.66. The van der Waals surface area contributed by atoms with Crippen LogP contribution in [0.5, 0.6) is 0 Å². The first-order valence-corrected chi connectivity index (χ1v) is 9.13. The highest BCUT2D eigenvalue weighted by molar-refractivity contribution is 5.54. The van der Waals surface area contributed by atoms with E-state index in [4.69, 9.17) is 4.74 Å². The molecular weight excluding hydrogens is 333 g/mol. The number of para-hydroxylation sites is 1. The largest absolute Gasteiger partial charge is 0.378 e. The summed E-state index contributed by atoms with van der Waals surface area (Å²) in [6.07, 6.45) is 0. The lowest BCUT2D eigenvalue weighted by molar-refractivity contribution is 0.122. The minimum atomic E-state index is -0.159. The van der Waals surface area contributed by atoms with Crippen LogP contribution < -0.4 is 14.7 Å². The van der Waals surface area contributed by atoms with E-state index in [1.807, 2.05) is 19.1 Å². The van der Waals surface area contributed by atoms with Gasteiger partial charge in [-0.15, -0.1) is 0 Å². The van der Waals surface area contributed by atoms with Crippen LogP contribution in [0.1, 0.15) is 5.82 Å². The lowest BCUT2D eigenvalue weighted by Gasteiger charge is -2.37. The molecular formula is C19H24FN5O. The molecule has 3 heterocycles. The molecule has 0 atom stereocenters. The molecule has 7 heteroatoms. The molecule has 2 fully saturated rings. The third-order valence-electron chi connectivity index (χ3n) is 4.94. The molecule has 0 bridgehead atoms. The number of ether oxygens (including phenoxy) is 1. The summed E-state index contributed by atoms with van der Waals surface area (Å²) in [4.78, 5) is 15.8. The lowest BCUT2D eigenvalue weighted by Crippen LogP contribution is -2.47. The summed E-state index contributed by atoms with van der Waals surface area (Å²) in [5, 5.41) is 0. The number of halogens is 1. The Morgan fingerprint density at radius 3 is 2.08 bits per heavy atom. The number of aromatic nitrogens is 2. The Balaban J connectivity index is 1.47. The predicted molar refractivity (Wildman–Crippen MR) is 101 cm³/mol. The van der Waals surface area contributed by atoms with Crippen LogP contribution >= 0.6 is 0 Å². The molecule has 0 N–H and O–H groups in total. The fourth-order valence-corrected chi connectivity index (χ4v) is 3.54. The Morgan fingerprint density at radius 2 is 1.42 bits per heavy atom. The van der Waals surface area contributed by atoms with E-state index < -0.39 is 0 Å². The zero-order valence-corrected chi connectivity index (χ0v) is 15.1. The van der Waals surface area contributed by atoms with Crippen molar-refractivity contribution in [3.8, 4) is 0 Å². The highest BCUT2D eigenvalue weighted by Crippen LogP contribution is 2.24. The molecule has 0 saturated carbocycles. The molecule has 26 heavy (non-hydrogen) atoms. The maximum Gasteiger partial charge on any atom is 0.146 e. The lowest BCUT2D eigenvalue weighted by atomic mass is 10.2. The molecule has 2 aliphatic heterocycles. The third-order valence-corrected chi connectivity index (χ3v) is 4.94. The standard InChI is InChI=1S/C19H24FN5O/c1-15-21-18(14-19(22-15)25-10-12-26-13-11-25)24-8-6-23(7-9-24)17-5-3-2-4-16(17)20/h2-5,14H,6-13H2,1H3. The average molecular weight is 357 g/mol. The van der Waals surface area contributed by atoms with E-state index in [9.17, 15) is 4.39 Å². The Kier molecular flexibility index (Phi) is 4.88. The number of rotatable bonds is 3. The van der Waals surface area contributed by atoms with Gasteiger partial charge >= 0.3 is 0 Å². The van der Waals surface area contributed by atoms with Gasteiger partial charge in [-0.2, -0.15) is 0 Å². The predicted octanol–water partition coefficient (Wildman–Crippen LogP) is 2.09. The second kappa shape index (κ2) is 7.45. The summed E-state index contributed by atoms with van der Waals surface area (Å²) < 4.78 is 19.4. The normalized spacial score (nSPS) is 18.3. The number of hydrogen-bond acceptors (Lipinski definition) is 6. The monoisotopic (exact) mass is 357 g/mol. The molecule has 2 saturated heterocycles. The maximum atomic E-state index is 14.0. The van der Waals surface area contributed by atoms with Crippen molar-refractivity contribution in [2.45, 2.75) is 6.92 Å². The SMILES string of the molecule is Cc1nc(N2CCOCC2)cc(N2CCN(c3ccccc3F)CC2)n1. The minimum absolute atomic E-state index is 0.159. The van der Waals surface area contributed by atoms with Gasteiger partial charge < -0.3 is 19.4 Å². The Hall–Kier alpha value is -2.41. The number of anilines is 3. The Labute approximate surface area is 153 Å². The highest BCUT2D eigenvalue weighted by Gasteiger charge is 2.22. The number of benzene rings is 1. The van der Waals surface area contributed by atoms with Crippen LogP contribution in [0.15, 0.2) is 30.3 Å². The zero-order chi connectivity index (χ0) is 17.9. The highest BCUT2D eigenvalue weighted by atomic mass is 19.1. The summed E-state index contributed by atoms with van der Waals surface area (Å²) in [5.41, 5.74) is 0.681. The van der Waals surface area contributed by atoms with Crippen molar-refractivity contribution in [2.75, 3.05) is 67.2 Å². The van der Waals surface area contributed by atoms with Gasteiger partial charge in [0.2, 0.25) is 0 Å². The number of piperazine rings is 1. The van der Waals surface area contributed by atoms with Crippen LogP contribution in [-0.2, 0) is 4.74 Å². The zero-order valence-electron chi connectivity index (χ0n) is 15.1. The summed E-state index contributed by atoms with van der Waals surface area (Å²) >= 11 is 0. The summed E-state index contributed by atoms with van der Waals surface area (Å²) in [6.45, 7) is 8.30. The topological polar surface area (TPSA) is 44.7 Å². The van der Waals surface area contributed by atoms with E-state index in [1.165, 1.54) is 6.07 Å². The first-order valence-electron chi connectivity index (χ1n) is 9.13. The van der Waals surface area contributed by atoms with Gasteiger partial charge in [-0.1, -0.05) is 12.1 Å². The van der Waals surface area contributed by atoms with Gasteiger partial charge in [0.1, 0.15) is 23.3 Å². The molecule has 2 aliphatic rings. The van der Waals surface area contributed by atoms with Crippen molar-refractivity contribution in [3.05, 3.63) is 42.0 Å². The van der Waals surface area contributed by atoms with Gasteiger partial charge in [-0.25, -0.2) is 14.4 Å². The van der Waals surface area contributed by atoms with Gasteiger partial charge in [0.25, 0.3) is 0 Å². The fourth-order valence-electron chi connectivity index (χ4n) is 3.54. The Morgan fingerprint density at radius 1 is 0.846 bits per heavy atom. The maximum absolute atomic E-state index is 14.0. The molecule has 6 nitrogen and oxygen atoms in total. The smallest absolute Gasteiger partial charge is 0.146 e. The molecule has 0 spiro atoms. The molecule has 0 amide bonds. The number of hydrogen-bond donors (Lipinski definition) is 0.